The van der Waals surface area contributed by atoms with Crippen LogP contribution in [0.15, 0.2) is 53.0 Å². The zero-order valence-electron chi connectivity index (χ0n) is 12.8. The van der Waals surface area contributed by atoms with Crippen molar-refractivity contribution in [1.29, 1.82) is 0 Å². The van der Waals surface area contributed by atoms with Crippen LogP contribution in [0.3, 0.4) is 0 Å². The Labute approximate surface area is 145 Å². The molecule has 2 aromatic carbocycles. The lowest BCUT2D eigenvalue weighted by atomic mass is 10.2. The molecular weight excluding hydrogens is 378 g/mol. The molecule has 23 heavy (non-hydrogen) atoms. The predicted octanol–water partition coefficient (Wildman–Crippen LogP) is 3.70. The summed E-state index contributed by atoms with van der Waals surface area (Å²) >= 11 is 3.38. The van der Waals surface area contributed by atoms with Gasteiger partial charge < -0.3 is 5.32 Å². The lowest BCUT2D eigenvalue weighted by molar-refractivity contribution is -0.115. The molecule has 0 aliphatic rings. The van der Waals surface area contributed by atoms with Gasteiger partial charge in [-0.15, -0.1) is 0 Å². The van der Waals surface area contributed by atoms with E-state index in [0.717, 1.165) is 15.6 Å². The van der Waals surface area contributed by atoms with E-state index in [0.29, 0.717) is 5.69 Å². The molecular formula is C17H18BrNO3S. The fraction of sp³-hybridized carbons (Fsp3) is 0.235. The van der Waals surface area contributed by atoms with Crippen LogP contribution in [-0.2, 0) is 20.4 Å². The number of hydrogen-bond donors (Lipinski definition) is 1. The molecule has 2 rings (SSSR count). The number of rotatable bonds is 6. The number of carbonyl (C=O) groups is 1. The van der Waals surface area contributed by atoms with E-state index in [9.17, 15) is 13.2 Å². The fourth-order valence-corrected chi connectivity index (χ4v) is 4.02. The summed E-state index contributed by atoms with van der Waals surface area (Å²) in [4.78, 5) is 12.0. The highest BCUT2D eigenvalue weighted by atomic mass is 79.9. The van der Waals surface area contributed by atoms with Gasteiger partial charge in [-0.25, -0.2) is 8.42 Å². The molecule has 122 valence electrons. The molecule has 0 atom stereocenters. The van der Waals surface area contributed by atoms with E-state index in [1.54, 1.807) is 30.3 Å². The van der Waals surface area contributed by atoms with E-state index in [-0.39, 0.29) is 23.8 Å². The van der Waals surface area contributed by atoms with Gasteiger partial charge in [0, 0.05) is 10.9 Å². The third-order valence-corrected chi connectivity index (χ3v) is 5.52. The Morgan fingerprint density at radius 3 is 2.48 bits per heavy atom. The SMILES string of the molecule is Cc1ccc(NC(=O)CCS(=O)(=O)Cc2ccccc2)c(Br)c1. The van der Waals surface area contributed by atoms with Crippen LogP contribution >= 0.6 is 15.9 Å². The van der Waals surface area contributed by atoms with E-state index in [4.69, 9.17) is 0 Å². The van der Waals surface area contributed by atoms with Crippen molar-refractivity contribution in [2.75, 3.05) is 11.1 Å². The largest absolute Gasteiger partial charge is 0.325 e. The Bertz CT molecular complexity index is 789. The molecule has 0 bridgehead atoms. The Morgan fingerprint density at radius 2 is 1.83 bits per heavy atom. The van der Waals surface area contributed by atoms with Crippen molar-refractivity contribution in [3.8, 4) is 0 Å². The lowest BCUT2D eigenvalue weighted by Crippen LogP contribution is -2.18. The Hall–Kier alpha value is -1.66. The third-order valence-electron chi connectivity index (χ3n) is 3.27. The van der Waals surface area contributed by atoms with Crippen LogP contribution in [0.25, 0.3) is 0 Å². The van der Waals surface area contributed by atoms with Gasteiger partial charge in [0.2, 0.25) is 5.91 Å². The Morgan fingerprint density at radius 1 is 1.13 bits per heavy atom. The van der Waals surface area contributed by atoms with Gasteiger partial charge in [-0.3, -0.25) is 4.79 Å². The highest BCUT2D eigenvalue weighted by molar-refractivity contribution is 9.10. The van der Waals surface area contributed by atoms with Crippen molar-refractivity contribution in [3.63, 3.8) is 0 Å². The summed E-state index contributed by atoms with van der Waals surface area (Å²) in [6.45, 7) is 1.95. The molecule has 4 nitrogen and oxygen atoms in total. The molecule has 0 fully saturated rings. The van der Waals surface area contributed by atoms with Crippen LogP contribution in [-0.4, -0.2) is 20.1 Å². The maximum Gasteiger partial charge on any atom is 0.225 e. The van der Waals surface area contributed by atoms with Gasteiger partial charge in [-0.2, -0.15) is 0 Å². The first kappa shape index (κ1) is 17.7. The molecule has 0 aliphatic carbocycles. The van der Waals surface area contributed by atoms with Crippen LogP contribution in [0.2, 0.25) is 0 Å². The predicted molar refractivity (Wildman–Crippen MR) is 96.1 cm³/mol. The van der Waals surface area contributed by atoms with Crippen LogP contribution in [0.5, 0.6) is 0 Å². The molecule has 1 N–H and O–H groups in total. The quantitative estimate of drug-likeness (QED) is 0.810. The molecule has 2 aromatic rings. The molecule has 0 radical (unpaired) electrons. The smallest absolute Gasteiger partial charge is 0.225 e. The number of halogens is 1. The first-order chi connectivity index (χ1) is 10.9. The number of amides is 1. The topological polar surface area (TPSA) is 63.2 Å². The van der Waals surface area contributed by atoms with Gasteiger partial charge in [-0.05, 0) is 46.1 Å². The standard InChI is InChI=1S/C17H18BrNO3S/c1-13-7-8-16(15(18)11-13)19-17(20)9-10-23(21,22)12-14-5-3-2-4-6-14/h2-8,11H,9-10,12H2,1H3,(H,19,20). The van der Waals surface area contributed by atoms with Gasteiger partial charge in [-0.1, -0.05) is 36.4 Å². The summed E-state index contributed by atoms with van der Waals surface area (Å²) in [6, 6.07) is 14.5. The van der Waals surface area contributed by atoms with E-state index in [1.165, 1.54) is 0 Å². The number of hydrogen-bond acceptors (Lipinski definition) is 3. The van der Waals surface area contributed by atoms with E-state index in [2.05, 4.69) is 21.2 Å². The van der Waals surface area contributed by atoms with Crippen molar-refractivity contribution >= 4 is 37.4 Å². The summed E-state index contributed by atoms with van der Waals surface area (Å²) in [5.74, 6) is -0.529. The van der Waals surface area contributed by atoms with Crippen molar-refractivity contribution in [1.82, 2.24) is 0 Å². The second kappa shape index (κ2) is 7.75. The first-order valence-corrected chi connectivity index (χ1v) is 9.77. The number of aryl methyl sites for hydroxylation is 1. The van der Waals surface area contributed by atoms with Crippen molar-refractivity contribution in [2.45, 2.75) is 19.1 Å². The lowest BCUT2D eigenvalue weighted by Gasteiger charge is -2.08. The zero-order chi connectivity index (χ0) is 16.9. The van der Waals surface area contributed by atoms with Crippen molar-refractivity contribution < 1.29 is 13.2 Å². The highest BCUT2D eigenvalue weighted by Crippen LogP contribution is 2.23. The minimum absolute atomic E-state index is 0.0463. The summed E-state index contributed by atoms with van der Waals surface area (Å²) in [5, 5.41) is 2.72. The van der Waals surface area contributed by atoms with Crippen LogP contribution in [0.4, 0.5) is 5.69 Å². The van der Waals surface area contributed by atoms with Crippen LogP contribution in [0.1, 0.15) is 17.5 Å². The highest BCUT2D eigenvalue weighted by Gasteiger charge is 2.15. The van der Waals surface area contributed by atoms with Gasteiger partial charge >= 0.3 is 0 Å². The Kier molecular flexibility index (Phi) is 5.96. The monoisotopic (exact) mass is 395 g/mol. The third kappa shape index (κ3) is 5.80. The average Bonchev–Trinajstić information content (AvgIpc) is 2.49. The molecule has 0 aromatic heterocycles. The normalized spacial score (nSPS) is 11.2. The number of sulfone groups is 1. The second-order valence-electron chi connectivity index (χ2n) is 5.36. The van der Waals surface area contributed by atoms with Gasteiger partial charge in [0.25, 0.3) is 0 Å². The maximum absolute atomic E-state index is 12.1. The average molecular weight is 396 g/mol. The van der Waals surface area contributed by atoms with Gasteiger partial charge in [0.1, 0.15) is 0 Å². The zero-order valence-corrected chi connectivity index (χ0v) is 15.2. The molecule has 6 heteroatoms. The van der Waals surface area contributed by atoms with Crippen molar-refractivity contribution in [3.05, 3.63) is 64.1 Å². The molecule has 0 saturated heterocycles. The van der Waals surface area contributed by atoms with E-state index >= 15 is 0 Å². The fourth-order valence-electron chi connectivity index (χ4n) is 2.08. The first-order valence-electron chi connectivity index (χ1n) is 7.16. The molecule has 0 heterocycles. The Balaban J connectivity index is 1.90. The van der Waals surface area contributed by atoms with Crippen LogP contribution in [0, 0.1) is 6.92 Å². The summed E-state index contributed by atoms with van der Waals surface area (Å²) in [7, 11) is -3.31. The summed E-state index contributed by atoms with van der Waals surface area (Å²) < 4.78 is 24.9. The number of nitrogens with one attached hydrogen (secondary N) is 1. The summed E-state index contributed by atoms with van der Waals surface area (Å²) in [5.41, 5.74) is 2.44. The molecule has 0 spiro atoms. The number of carbonyl (C=O) groups excluding carboxylic acids is 1. The molecule has 0 saturated carbocycles. The van der Waals surface area contributed by atoms with E-state index in [1.807, 2.05) is 25.1 Å². The molecule has 0 aliphatic heterocycles. The van der Waals surface area contributed by atoms with E-state index < -0.39 is 9.84 Å². The second-order valence-corrected chi connectivity index (χ2v) is 8.40. The van der Waals surface area contributed by atoms with Crippen LogP contribution < -0.4 is 5.32 Å². The van der Waals surface area contributed by atoms with Gasteiger partial charge in [0.05, 0.1) is 17.2 Å². The number of benzene rings is 2. The minimum atomic E-state index is -3.31. The molecule has 1 amide bonds. The molecule has 0 unspecified atom stereocenters. The maximum atomic E-state index is 12.1. The van der Waals surface area contributed by atoms with Crippen molar-refractivity contribution in [2.24, 2.45) is 0 Å². The minimum Gasteiger partial charge on any atom is -0.325 e. The summed E-state index contributed by atoms with van der Waals surface area (Å²) in [6.07, 6.45) is -0.0600. The van der Waals surface area contributed by atoms with Gasteiger partial charge in [0.15, 0.2) is 9.84 Å². The number of anilines is 1.